The molecule has 3 rings (SSSR count). The molecule has 0 saturated carbocycles. The van der Waals surface area contributed by atoms with Gasteiger partial charge in [0.05, 0.1) is 18.3 Å². The van der Waals surface area contributed by atoms with Crippen LogP contribution in [0.4, 0.5) is 0 Å². The molecule has 2 nitrogen and oxygen atoms in total. The highest BCUT2D eigenvalue weighted by Crippen LogP contribution is 2.42. The molecule has 112 valence electrons. The average molecular weight is 349 g/mol. The second-order valence-electron chi connectivity index (χ2n) is 6.11. The molecule has 1 aliphatic heterocycles. The van der Waals surface area contributed by atoms with Crippen molar-refractivity contribution in [2.45, 2.75) is 39.1 Å². The molecule has 0 radical (unpaired) electrons. The maximum absolute atomic E-state index is 11.0. The monoisotopic (exact) mass is 348 g/mol. The zero-order valence-electron chi connectivity index (χ0n) is 12.6. The van der Waals surface area contributed by atoms with Crippen LogP contribution in [0.25, 0.3) is 10.8 Å². The van der Waals surface area contributed by atoms with Crippen LogP contribution in [0.3, 0.4) is 0 Å². The standard InChI is InChI=1S/C18H21BrO2/c1-10-11(2)21-12(3)17(10)18(20)15-8-9-16(19)14-7-5-4-6-13(14)15/h4-12,17-18,20H,1-3H3. The molecule has 0 bridgehead atoms. The minimum absolute atomic E-state index is 0.0763. The van der Waals surface area contributed by atoms with Gasteiger partial charge in [0.15, 0.2) is 0 Å². The average Bonchev–Trinajstić information content (AvgIpc) is 2.72. The summed E-state index contributed by atoms with van der Waals surface area (Å²) >= 11 is 3.59. The molecule has 1 saturated heterocycles. The molecule has 1 fully saturated rings. The van der Waals surface area contributed by atoms with Gasteiger partial charge in [-0.05, 0) is 42.2 Å². The second-order valence-corrected chi connectivity index (χ2v) is 6.96. The van der Waals surface area contributed by atoms with Crippen LogP contribution in [-0.4, -0.2) is 17.3 Å². The number of fused-ring (bicyclic) bond motifs is 1. The quantitative estimate of drug-likeness (QED) is 0.852. The Morgan fingerprint density at radius 1 is 1.00 bits per heavy atom. The summed E-state index contributed by atoms with van der Waals surface area (Å²) in [6, 6.07) is 12.2. The van der Waals surface area contributed by atoms with Gasteiger partial charge < -0.3 is 9.84 Å². The summed E-state index contributed by atoms with van der Waals surface area (Å²) in [5, 5.41) is 13.2. The number of aliphatic hydroxyl groups is 1. The van der Waals surface area contributed by atoms with Gasteiger partial charge in [-0.2, -0.15) is 0 Å². The van der Waals surface area contributed by atoms with Crippen LogP contribution in [0, 0.1) is 11.8 Å². The molecular formula is C18H21BrO2. The van der Waals surface area contributed by atoms with Crippen molar-refractivity contribution in [1.82, 2.24) is 0 Å². The first-order valence-corrected chi connectivity index (χ1v) is 8.30. The maximum Gasteiger partial charge on any atom is 0.0852 e. The number of halogens is 1. The third-order valence-corrected chi connectivity index (χ3v) is 5.60. The highest BCUT2D eigenvalue weighted by molar-refractivity contribution is 9.10. The van der Waals surface area contributed by atoms with Crippen molar-refractivity contribution in [3.05, 3.63) is 46.4 Å². The van der Waals surface area contributed by atoms with Gasteiger partial charge in [0, 0.05) is 10.4 Å². The third kappa shape index (κ3) is 2.52. The zero-order valence-corrected chi connectivity index (χ0v) is 14.2. The van der Waals surface area contributed by atoms with Gasteiger partial charge in [0.25, 0.3) is 0 Å². The Balaban J connectivity index is 2.06. The largest absolute Gasteiger partial charge is 0.388 e. The van der Waals surface area contributed by atoms with Crippen molar-refractivity contribution >= 4 is 26.7 Å². The first kappa shape index (κ1) is 15.0. The van der Waals surface area contributed by atoms with Crippen LogP contribution in [0.15, 0.2) is 40.9 Å². The van der Waals surface area contributed by atoms with Gasteiger partial charge in [-0.15, -0.1) is 0 Å². The molecule has 0 aromatic heterocycles. The minimum atomic E-state index is -0.502. The number of benzene rings is 2. The van der Waals surface area contributed by atoms with Crippen molar-refractivity contribution in [3.8, 4) is 0 Å². The molecular weight excluding hydrogens is 328 g/mol. The highest BCUT2D eigenvalue weighted by atomic mass is 79.9. The fraction of sp³-hybridized carbons (Fsp3) is 0.444. The van der Waals surface area contributed by atoms with E-state index in [2.05, 4.69) is 48.8 Å². The molecule has 21 heavy (non-hydrogen) atoms. The van der Waals surface area contributed by atoms with Crippen LogP contribution in [0.5, 0.6) is 0 Å². The molecule has 2 aromatic carbocycles. The van der Waals surface area contributed by atoms with Crippen LogP contribution in [0.1, 0.15) is 32.4 Å². The lowest BCUT2D eigenvalue weighted by molar-refractivity contribution is 0.0236. The Morgan fingerprint density at radius 3 is 2.29 bits per heavy atom. The van der Waals surface area contributed by atoms with Gasteiger partial charge in [0.2, 0.25) is 0 Å². The minimum Gasteiger partial charge on any atom is -0.388 e. The van der Waals surface area contributed by atoms with Gasteiger partial charge in [0.1, 0.15) is 0 Å². The van der Waals surface area contributed by atoms with Crippen molar-refractivity contribution < 1.29 is 9.84 Å². The molecule has 0 spiro atoms. The highest BCUT2D eigenvalue weighted by Gasteiger charge is 2.41. The second kappa shape index (κ2) is 5.71. The van der Waals surface area contributed by atoms with Gasteiger partial charge in [-0.3, -0.25) is 0 Å². The van der Waals surface area contributed by atoms with E-state index in [4.69, 9.17) is 4.74 Å². The van der Waals surface area contributed by atoms with E-state index < -0.39 is 6.10 Å². The van der Waals surface area contributed by atoms with Crippen LogP contribution in [-0.2, 0) is 4.74 Å². The molecule has 0 amide bonds. The number of ether oxygens (including phenoxy) is 1. The predicted octanol–water partition coefficient (Wildman–Crippen LogP) is 4.70. The van der Waals surface area contributed by atoms with Gasteiger partial charge in [-0.25, -0.2) is 0 Å². The normalized spacial score (nSPS) is 30.7. The molecule has 0 aliphatic carbocycles. The Bertz CT molecular complexity index is 655. The zero-order chi connectivity index (χ0) is 15.1. The van der Waals surface area contributed by atoms with Crippen molar-refractivity contribution in [1.29, 1.82) is 0 Å². The van der Waals surface area contributed by atoms with Crippen LogP contribution < -0.4 is 0 Å². The molecule has 1 heterocycles. The molecule has 1 N–H and O–H groups in total. The van der Waals surface area contributed by atoms with Gasteiger partial charge >= 0.3 is 0 Å². The lowest BCUT2D eigenvalue weighted by atomic mass is 9.81. The number of hydrogen-bond donors (Lipinski definition) is 1. The van der Waals surface area contributed by atoms with E-state index in [0.29, 0.717) is 5.92 Å². The summed E-state index contributed by atoms with van der Waals surface area (Å²) in [5.74, 6) is 0.474. The van der Waals surface area contributed by atoms with E-state index in [1.165, 1.54) is 0 Å². The third-order valence-electron chi connectivity index (χ3n) is 4.91. The Labute approximate surface area is 134 Å². The molecule has 5 atom stereocenters. The van der Waals surface area contributed by atoms with E-state index >= 15 is 0 Å². The first-order chi connectivity index (χ1) is 10.0. The summed E-state index contributed by atoms with van der Waals surface area (Å²) in [6.45, 7) is 6.33. The van der Waals surface area contributed by atoms with E-state index in [0.717, 1.165) is 20.8 Å². The lowest BCUT2D eigenvalue weighted by Gasteiger charge is -2.26. The molecule has 3 heteroatoms. The predicted molar refractivity (Wildman–Crippen MR) is 89.3 cm³/mol. The van der Waals surface area contributed by atoms with Crippen molar-refractivity contribution in [2.24, 2.45) is 11.8 Å². The SMILES string of the molecule is CC1OC(C)C(C(O)c2ccc(Br)c3ccccc23)C1C. The number of hydrogen-bond acceptors (Lipinski definition) is 2. The molecule has 1 aliphatic rings. The molecule has 5 unspecified atom stereocenters. The lowest BCUT2D eigenvalue weighted by Crippen LogP contribution is -2.25. The fourth-order valence-corrected chi connectivity index (χ4v) is 4.07. The summed E-state index contributed by atoms with van der Waals surface area (Å²) < 4.78 is 6.96. The first-order valence-electron chi connectivity index (χ1n) is 7.51. The van der Waals surface area contributed by atoms with E-state index in [-0.39, 0.29) is 18.1 Å². The topological polar surface area (TPSA) is 29.5 Å². The van der Waals surface area contributed by atoms with E-state index in [1.54, 1.807) is 0 Å². The number of rotatable bonds is 2. The Kier molecular flexibility index (Phi) is 4.08. The van der Waals surface area contributed by atoms with Gasteiger partial charge in [-0.1, -0.05) is 53.2 Å². The summed E-state index contributed by atoms with van der Waals surface area (Å²) in [5.41, 5.74) is 0.996. The van der Waals surface area contributed by atoms with Crippen molar-refractivity contribution in [3.63, 3.8) is 0 Å². The van der Waals surface area contributed by atoms with Crippen LogP contribution >= 0.6 is 15.9 Å². The Morgan fingerprint density at radius 2 is 1.67 bits per heavy atom. The summed E-state index contributed by atoms with van der Waals surface area (Å²) in [7, 11) is 0. The summed E-state index contributed by atoms with van der Waals surface area (Å²) in [4.78, 5) is 0. The van der Waals surface area contributed by atoms with E-state index in [9.17, 15) is 5.11 Å². The van der Waals surface area contributed by atoms with Crippen LogP contribution in [0.2, 0.25) is 0 Å². The number of aliphatic hydroxyl groups excluding tert-OH is 1. The fourth-order valence-electron chi connectivity index (χ4n) is 3.59. The van der Waals surface area contributed by atoms with E-state index in [1.807, 2.05) is 24.3 Å². The Hall–Kier alpha value is -0.900. The summed E-state index contributed by atoms with van der Waals surface area (Å²) in [6.07, 6.45) is -0.230. The smallest absolute Gasteiger partial charge is 0.0852 e. The maximum atomic E-state index is 11.0. The molecule has 2 aromatic rings. The van der Waals surface area contributed by atoms with Crippen molar-refractivity contribution in [2.75, 3.05) is 0 Å².